The monoisotopic (exact) mass is 247 g/mol. The van der Waals surface area contributed by atoms with Gasteiger partial charge in [-0.1, -0.05) is 18.5 Å². The maximum atomic E-state index is 5.93. The first-order chi connectivity index (χ1) is 7.17. The molecule has 1 N–H and O–H groups in total. The van der Waals surface area contributed by atoms with Crippen molar-refractivity contribution in [3.8, 4) is 0 Å². The van der Waals surface area contributed by atoms with E-state index < -0.39 is 0 Å². The first-order valence-corrected chi connectivity index (χ1v) is 6.38. The van der Waals surface area contributed by atoms with Crippen LogP contribution in [0.4, 0.5) is 0 Å². The molecule has 0 aliphatic heterocycles. The van der Waals surface area contributed by atoms with Gasteiger partial charge in [0, 0.05) is 18.0 Å². The third-order valence-electron chi connectivity index (χ3n) is 2.36. The fourth-order valence-electron chi connectivity index (χ4n) is 1.49. The molecule has 0 aliphatic rings. The Bertz CT molecular complexity index is 290. The van der Waals surface area contributed by atoms with Crippen molar-refractivity contribution >= 4 is 22.9 Å². The van der Waals surface area contributed by atoms with Gasteiger partial charge < -0.3 is 10.1 Å². The van der Waals surface area contributed by atoms with E-state index in [4.69, 9.17) is 16.3 Å². The van der Waals surface area contributed by atoms with Crippen LogP contribution in [0.15, 0.2) is 12.1 Å². The summed E-state index contributed by atoms with van der Waals surface area (Å²) in [4.78, 5) is 1.28. The second-order valence-corrected chi connectivity index (χ2v) is 5.28. The van der Waals surface area contributed by atoms with E-state index >= 15 is 0 Å². The second-order valence-electron chi connectivity index (χ2n) is 3.53. The fourth-order valence-corrected chi connectivity index (χ4v) is 2.64. The first kappa shape index (κ1) is 13.0. The van der Waals surface area contributed by atoms with Gasteiger partial charge in [-0.15, -0.1) is 11.3 Å². The lowest BCUT2D eigenvalue weighted by molar-refractivity contribution is 0.101. The second kappa shape index (κ2) is 6.48. The zero-order chi connectivity index (χ0) is 11.3. The van der Waals surface area contributed by atoms with E-state index in [9.17, 15) is 0 Å². The highest BCUT2D eigenvalue weighted by Crippen LogP contribution is 2.29. The normalized spacial score (nSPS) is 15.2. The highest BCUT2D eigenvalue weighted by atomic mass is 35.5. The summed E-state index contributed by atoms with van der Waals surface area (Å²) in [6.07, 6.45) is 1.23. The van der Waals surface area contributed by atoms with Crippen molar-refractivity contribution in [1.29, 1.82) is 0 Å². The molecule has 0 radical (unpaired) electrons. The van der Waals surface area contributed by atoms with Crippen molar-refractivity contribution < 1.29 is 4.74 Å². The molecule has 1 rings (SSSR count). The standard InChI is InChI=1S/C11H18ClNOS/c1-4-13-9(7-8(2)14-3)10-5-6-11(12)15-10/h5-6,8-9,13H,4,7H2,1-3H3. The van der Waals surface area contributed by atoms with E-state index in [1.807, 2.05) is 6.07 Å². The van der Waals surface area contributed by atoms with Gasteiger partial charge in [-0.05, 0) is 32.0 Å². The summed E-state index contributed by atoms with van der Waals surface area (Å²) in [5.74, 6) is 0. The number of halogens is 1. The van der Waals surface area contributed by atoms with E-state index in [2.05, 4.69) is 25.2 Å². The Labute approximate surface area is 101 Å². The first-order valence-electron chi connectivity index (χ1n) is 5.18. The lowest BCUT2D eigenvalue weighted by Gasteiger charge is -2.19. The molecule has 0 saturated carbocycles. The number of hydrogen-bond donors (Lipinski definition) is 1. The van der Waals surface area contributed by atoms with Gasteiger partial charge in [0.1, 0.15) is 0 Å². The summed E-state index contributed by atoms with van der Waals surface area (Å²) in [6, 6.07) is 4.38. The van der Waals surface area contributed by atoms with Gasteiger partial charge in [0.05, 0.1) is 10.4 Å². The zero-order valence-electron chi connectivity index (χ0n) is 9.42. The molecule has 15 heavy (non-hydrogen) atoms. The van der Waals surface area contributed by atoms with Crippen molar-refractivity contribution in [1.82, 2.24) is 5.32 Å². The van der Waals surface area contributed by atoms with Gasteiger partial charge >= 0.3 is 0 Å². The van der Waals surface area contributed by atoms with Gasteiger partial charge in [-0.3, -0.25) is 0 Å². The van der Waals surface area contributed by atoms with Crippen molar-refractivity contribution in [3.05, 3.63) is 21.3 Å². The number of rotatable bonds is 6. The summed E-state index contributed by atoms with van der Waals surface area (Å²) >= 11 is 7.57. The Morgan fingerprint density at radius 1 is 1.53 bits per heavy atom. The molecule has 0 aliphatic carbocycles. The third kappa shape index (κ3) is 4.11. The maximum Gasteiger partial charge on any atom is 0.0931 e. The van der Waals surface area contributed by atoms with E-state index in [0.717, 1.165) is 17.3 Å². The summed E-state index contributed by atoms with van der Waals surface area (Å²) in [6.45, 7) is 5.15. The lowest BCUT2D eigenvalue weighted by Crippen LogP contribution is -2.24. The Balaban J connectivity index is 2.65. The molecule has 86 valence electrons. The minimum atomic E-state index is 0.259. The molecular weight excluding hydrogens is 230 g/mol. The van der Waals surface area contributed by atoms with E-state index in [0.29, 0.717) is 6.04 Å². The highest BCUT2D eigenvalue weighted by Gasteiger charge is 2.15. The average molecular weight is 248 g/mol. The molecule has 0 amide bonds. The molecule has 1 aromatic heterocycles. The minimum absolute atomic E-state index is 0.259. The predicted octanol–water partition coefficient (Wildman–Crippen LogP) is 3.48. The average Bonchev–Trinajstić information content (AvgIpc) is 2.64. The molecule has 2 nitrogen and oxygen atoms in total. The van der Waals surface area contributed by atoms with E-state index in [1.54, 1.807) is 18.4 Å². The van der Waals surface area contributed by atoms with Crippen molar-refractivity contribution in [2.24, 2.45) is 0 Å². The summed E-state index contributed by atoms with van der Waals surface area (Å²) in [5, 5.41) is 3.45. The highest BCUT2D eigenvalue weighted by molar-refractivity contribution is 7.16. The quantitative estimate of drug-likeness (QED) is 0.831. The number of ether oxygens (including phenoxy) is 1. The van der Waals surface area contributed by atoms with Crippen molar-refractivity contribution in [3.63, 3.8) is 0 Å². The van der Waals surface area contributed by atoms with Crippen LogP contribution in [0.2, 0.25) is 4.34 Å². The third-order valence-corrected chi connectivity index (χ3v) is 3.70. The van der Waals surface area contributed by atoms with Gasteiger partial charge in [-0.25, -0.2) is 0 Å². The maximum absolute atomic E-state index is 5.93. The summed E-state index contributed by atoms with van der Waals surface area (Å²) < 4.78 is 6.13. The van der Waals surface area contributed by atoms with E-state index in [1.165, 1.54) is 4.88 Å². The van der Waals surface area contributed by atoms with Crippen LogP contribution in [-0.2, 0) is 4.74 Å². The van der Waals surface area contributed by atoms with Gasteiger partial charge in [0.15, 0.2) is 0 Å². The van der Waals surface area contributed by atoms with Crippen LogP contribution in [0.25, 0.3) is 0 Å². The number of nitrogens with one attached hydrogen (secondary N) is 1. The van der Waals surface area contributed by atoms with Crippen molar-refractivity contribution in [2.75, 3.05) is 13.7 Å². The number of thiophene rings is 1. The Kier molecular flexibility index (Phi) is 5.61. The molecular formula is C11H18ClNOS. The molecule has 0 fully saturated rings. The van der Waals surface area contributed by atoms with Crippen LogP contribution >= 0.6 is 22.9 Å². The lowest BCUT2D eigenvalue weighted by atomic mass is 10.1. The zero-order valence-corrected chi connectivity index (χ0v) is 11.0. The predicted molar refractivity (Wildman–Crippen MR) is 66.8 cm³/mol. The molecule has 1 heterocycles. The topological polar surface area (TPSA) is 21.3 Å². The molecule has 4 heteroatoms. The van der Waals surface area contributed by atoms with Crippen LogP contribution in [0, 0.1) is 0 Å². The van der Waals surface area contributed by atoms with Gasteiger partial charge in [0.2, 0.25) is 0 Å². The van der Waals surface area contributed by atoms with Crippen LogP contribution in [-0.4, -0.2) is 19.8 Å². The van der Waals surface area contributed by atoms with Crippen LogP contribution in [0.1, 0.15) is 31.2 Å². The molecule has 0 saturated heterocycles. The number of hydrogen-bond acceptors (Lipinski definition) is 3. The van der Waals surface area contributed by atoms with E-state index in [-0.39, 0.29) is 6.10 Å². The Morgan fingerprint density at radius 3 is 2.73 bits per heavy atom. The Morgan fingerprint density at radius 2 is 2.27 bits per heavy atom. The Hall–Kier alpha value is -0.0900. The van der Waals surface area contributed by atoms with Crippen LogP contribution < -0.4 is 5.32 Å². The minimum Gasteiger partial charge on any atom is -0.382 e. The number of methoxy groups -OCH3 is 1. The molecule has 0 bridgehead atoms. The summed E-state index contributed by atoms with van der Waals surface area (Å²) in [7, 11) is 1.75. The smallest absolute Gasteiger partial charge is 0.0931 e. The van der Waals surface area contributed by atoms with Crippen molar-refractivity contribution in [2.45, 2.75) is 32.4 Å². The van der Waals surface area contributed by atoms with Gasteiger partial charge in [0.25, 0.3) is 0 Å². The molecule has 0 spiro atoms. The molecule has 2 atom stereocenters. The fraction of sp³-hybridized carbons (Fsp3) is 0.636. The molecule has 0 aromatic carbocycles. The summed E-state index contributed by atoms with van der Waals surface area (Å²) in [5.41, 5.74) is 0. The van der Waals surface area contributed by atoms with Crippen LogP contribution in [0.3, 0.4) is 0 Å². The van der Waals surface area contributed by atoms with Crippen LogP contribution in [0.5, 0.6) is 0 Å². The SMILES string of the molecule is CCNC(CC(C)OC)c1ccc(Cl)s1. The largest absolute Gasteiger partial charge is 0.382 e. The van der Waals surface area contributed by atoms with Gasteiger partial charge in [-0.2, -0.15) is 0 Å². The molecule has 2 unspecified atom stereocenters. The molecule has 1 aromatic rings.